The summed E-state index contributed by atoms with van der Waals surface area (Å²) in [7, 11) is 8.38. The fraction of sp³-hybridized carbons (Fsp3) is 0.296. The second-order valence-corrected chi connectivity index (χ2v) is 9.42. The first-order valence-electron chi connectivity index (χ1n) is 12.2. The number of aromatic nitrogens is 5. The number of pyridine rings is 1. The van der Waals surface area contributed by atoms with Crippen molar-refractivity contribution in [1.29, 1.82) is 0 Å². The Kier molecular flexibility index (Phi) is 5.74. The van der Waals surface area contributed by atoms with Crippen molar-refractivity contribution in [2.24, 2.45) is 7.05 Å². The highest BCUT2D eigenvalue weighted by molar-refractivity contribution is 6.36. The average molecular weight is 461 g/mol. The van der Waals surface area contributed by atoms with Crippen LogP contribution in [0.3, 0.4) is 0 Å². The summed E-state index contributed by atoms with van der Waals surface area (Å²) in [5, 5.41) is 9.26. The second kappa shape index (κ2) is 9.19. The van der Waals surface area contributed by atoms with Crippen molar-refractivity contribution >= 4 is 35.7 Å². The first-order chi connectivity index (χ1) is 17.2. The number of piperidine rings is 1. The molecule has 35 heavy (non-hydrogen) atoms. The topological polar surface area (TPSA) is 63.3 Å². The van der Waals surface area contributed by atoms with E-state index in [1.54, 1.807) is 16.9 Å². The highest BCUT2D eigenvalue weighted by Gasteiger charge is 2.24. The third-order valence-corrected chi connectivity index (χ3v) is 7.16. The number of benzene rings is 1. The summed E-state index contributed by atoms with van der Waals surface area (Å²) in [6, 6.07) is 17.1. The average Bonchev–Trinajstić information content (AvgIpc) is 3.43. The molecule has 0 saturated carbocycles. The molecule has 1 aromatic carbocycles. The number of likely N-dealkylation sites (tertiary alicyclic amines) is 1. The molecule has 174 valence electrons. The predicted octanol–water partition coefficient (Wildman–Crippen LogP) is 3.40. The maximum atomic E-state index is 6.21. The molecule has 1 saturated heterocycles. The minimum Gasteiger partial charge on any atom is -0.366 e. The van der Waals surface area contributed by atoms with Gasteiger partial charge < -0.3 is 9.88 Å². The number of aryl methyl sites for hydroxylation is 1. The van der Waals surface area contributed by atoms with E-state index < -0.39 is 0 Å². The standard InChI is InChI=1S/C27H28BN7/c1-33-22(13-21-6-2-3-7-25(21)33)18-34-11-8-20(9-12-34)24-14-26(30-16-19-5-4-10-29-15-19)35-27(32-24)23(28)17-31-35/h2-7,10,13-15,17,20,30H,8-9,11-12,16,18H2,1H3. The third-order valence-electron chi connectivity index (χ3n) is 7.16. The Labute approximate surface area is 206 Å². The van der Waals surface area contributed by atoms with Crippen molar-refractivity contribution in [1.82, 2.24) is 29.0 Å². The molecule has 1 N–H and O–H groups in total. The molecule has 0 atom stereocenters. The number of hydrogen-bond acceptors (Lipinski definition) is 5. The summed E-state index contributed by atoms with van der Waals surface area (Å²) >= 11 is 0. The fourth-order valence-electron chi connectivity index (χ4n) is 5.14. The largest absolute Gasteiger partial charge is 0.366 e. The molecule has 1 fully saturated rings. The molecule has 6 rings (SSSR count). The van der Waals surface area contributed by atoms with Gasteiger partial charge in [-0.1, -0.05) is 24.3 Å². The molecular weight excluding hydrogens is 433 g/mol. The normalized spacial score (nSPS) is 15.2. The van der Waals surface area contributed by atoms with E-state index in [4.69, 9.17) is 12.8 Å². The van der Waals surface area contributed by atoms with E-state index in [0.717, 1.165) is 49.6 Å². The van der Waals surface area contributed by atoms with Crippen LogP contribution in [0.2, 0.25) is 0 Å². The molecule has 1 aliphatic heterocycles. The Bertz CT molecular complexity index is 1470. The molecule has 4 aromatic heterocycles. The highest BCUT2D eigenvalue weighted by Crippen LogP contribution is 2.30. The van der Waals surface area contributed by atoms with Gasteiger partial charge in [0.15, 0.2) is 0 Å². The SMILES string of the molecule is [B]c1cnn2c(NCc3cccnc3)cc(C3CCN(Cc4cc5ccccc5n4C)CC3)nc12. The highest BCUT2D eigenvalue weighted by atomic mass is 15.3. The lowest BCUT2D eigenvalue weighted by Crippen LogP contribution is -2.33. The van der Waals surface area contributed by atoms with Gasteiger partial charge in [0.2, 0.25) is 0 Å². The lowest BCUT2D eigenvalue weighted by molar-refractivity contribution is 0.200. The van der Waals surface area contributed by atoms with Gasteiger partial charge in [-0.05, 0) is 60.5 Å². The molecule has 0 bridgehead atoms. The zero-order chi connectivity index (χ0) is 23.8. The maximum Gasteiger partial charge on any atom is 0.150 e. The summed E-state index contributed by atoms with van der Waals surface area (Å²) in [5.74, 6) is 1.31. The number of nitrogens with one attached hydrogen (secondary N) is 1. The van der Waals surface area contributed by atoms with Gasteiger partial charge in [-0.15, -0.1) is 0 Å². The summed E-state index contributed by atoms with van der Waals surface area (Å²) in [5.41, 5.74) is 6.17. The van der Waals surface area contributed by atoms with Gasteiger partial charge in [-0.2, -0.15) is 9.61 Å². The van der Waals surface area contributed by atoms with Crippen LogP contribution < -0.4 is 10.8 Å². The van der Waals surface area contributed by atoms with Crippen LogP contribution in [0.15, 0.2) is 67.1 Å². The predicted molar refractivity (Wildman–Crippen MR) is 140 cm³/mol. The zero-order valence-electron chi connectivity index (χ0n) is 19.9. The molecule has 7 nitrogen and oxygen atoms in total. The van der Waals surface area contributed by atoms with Gasteiger partial charge in [0, 0.05) is 67.6 Å². The van der Waals surface area contributed by atoms with E-state index in [1.807, 2.05) is 12.3 Å². The van der Waals surface area contributed by atoms with Crippen LogP contribution in [0, 0.1) is 0 Å². The van der Waals surface area contributed by atoms with Crippen molar-refractivity contribution in [3.05, 3.63) is 84.1 Å². The quantitative estimate of drug-likeness (QED) is 0.393. The zero-order valence-corrected chi connectivity index (χ0v) is 19.9. The Morgan fingerprint density at radius 3 is 2.71 bits per heavy atom. The Morgan fingerprint density at radius 2 is 1.91 bits per heavy atom. The molecule has 5 aromatic rings. The van der Waals surface area contributed by atoms with Crippen LogP contribution in [-0.4, -0.2) is 50.0 Å². The summed E-state index contributed by atoms with van der Waals surface area (Å²) in [4.78, 5) is 11.7. The fourth-order valence-corrected chi connectivity index (χ4v) is 5.14. The van der Waals surface area contributed by atoms with E-state index in [9.17, 15) is 0 Å². The molecule has 0 amide bonds. The Morgan fingerprint density at radius 1 is 1.06 bits per heavy atom. The van der Waals surface area contributed by atoms with Crippen LogP contribution in [0.5, 0.6) is 0 Å². The van der Waals surface area contributed by atoms with Crippen molar-refractivity contribution in [3.63, 3.8) is 0 Å². The van der Waals surface area contributed by atoms with E-state index in [1.165, 1.54) is 16.6 Å². The number of anilines is 1. The van der Waals surface area contributed by atoms with Crippen LogP contribution in [0.25, 0.3) is 16.6 Å². The van der Waals surface area contributed by atoms with Gasteiger partial charge in [-0.25, -0.2) is 4.98 Å². The van der Waals surface area contributed by atoms with Crippen molar-refractivity contribution in [3.8, 4) is 0 Å². The van der Waals surface area contributed by atoms with Gasteiger partial charge in [0.1, 0.15) is 19.3 Å². The van der Waals surface area contributed by atoms with Gasteiger partial charge >= 0.3 is 0 Å². The Hall–Kier alpha value is -3.65. The van der Waals surface area contributed by atoms with Crippen LogP contribution in [0.1, 0.15) is 35.7 Å². The van der Waals surface area contributed by atoms with E-state index in [2.05, 4.69) is 74.4 Å². The molecule has 0 spiro atoms. The van der Waals surface area contributed by atoms with Crippen molar-refractivity contribution in [2.75, 3.05) is 18.4 Å². The number of para-hydroxylation sites is 1. The molecule has 1 aliphatic rings. The van der Waals surface area contributed by atoms with Crippen molar-refractivity contribution < 1.29 is 0 Å². The lowest BCUT2D eigenvalue weighted by atomic mass is 9.92. The third kappa shape index (κ3) is 4.30. The molecule has 8 heteroatoms. The van der Waals surface area contributed by atoms with Crippen molar-refractivity contribution in [2.45, 2.75) is 31.8 Å². The number of nitrogens with zero attached hydrogens (tertiary/aromatic N) is 6. The van der Waals surface area contributed by atoms with Crippen LogP contribution in [0.4, 0.5) is 5.82 Å². The maximum absolute atomic E-state index is 6.21. The molecule has 0 aliphatic carbocycles. The summed E-state index contributed by atoms with van der Waals surface area (Å²) < 4.78 is 4.11. The van der Waals surface area contributed by atoms with E-state index >= 15 is 0 Å². The van der Waals surface area contributed by atoms with E-state index in [-0.39, 0.29) is 0 Å². The monoisotopic (exact) mass is 461 g/mol. The minimum absolute atomic E-state index is 0.400. The van der Waals surface area contributed by atoms with E-state index in [0.29, 0.717) is 23.6 Å². The molecule has 2 radical (unpaired) electrons. The number of hydrogen-bond donors (Lipinski definition) is 1. The number of rotatable bonds is 6. The van der Waals surface area contributed by atoms with Gasteiger partial charge in [0.05, 0.1) is 0 Å². The second-order valence-electron chi connectivity index (χ2n) is 9.42. The summed E-state index contributed by atoms with van der Waals surface area (Å²) in [6.07, 6.45) is 7.47. The van der Waals surface area contributed by atoms with Crippen LogP contribution >= 0.6 is 0 Å². The molecule has 5 heterocycles. The Balaban J connectivity index is 1.18. The number of fused-ring (bicyclic) bond motifs is 2. The van der Waals surface area contributed by atoms with Gasteiger partial charge in [-0.3, -0.25) is 9.88 Å². The minimum atomic E-state index is 0.400. The molecule has 0 unspecified atom stereocenters. The molecular formula is C27H28BN7. The van der Waals surface area contributed by atoms with Crippen LogP contribution in [-0.2, 0) is 20.1 Å². The first-order valence-corrected chi connectivity index (χ1v) is 12.2. The first kappa shape index (κ1) is 21.9. The lowest BCUT2D eigenvalue weighted by Gasteiger charge is -2.32. The summed E-state index contributed by atoms with van der Waals surface area (Å²) in [6.45, 7) is 3.73. The smallest absolute Gasteiger partial charge is 0.150 e. The van der Waals surface area contributed by atoms with Gasteiger partial charge in [0.25, 0.3) is 0 Å².